The summed E-state index contributed by atoms with van der Waals surface area (Å²) in [6, 6.07) is 0. The summed E-state index contributed by atoms with van der Waals surface area (Å²) in [6.07, 6.45) is 2.23. The third kappa shape index (κ3) is 1.85. The Hall–Kier alpha value is -0.570. The molecule has 1 aliphatic rings. The lowest BCUT2D eigenvalue weighted by atomic mass is 9.73. The van der Waals surface area contributed by atoms with Crippen LogP contribution in [0, 0.1) is 11.8 Å². The number of carboxylic acid groups (broad SMARTS) is 1. The Balaban J connectivity index is 2.74. The standard InChI is InChI=1S/C10H18O3/c1-7-4-5-10(13-3,9(11)12)6-8(7)2/h7-8H,4-6H2,1-3H3,(H,11,12). The van der Waals surface area contributed by atoms with E-state index in [-0.39, 0.29) is 0 Å². The van der Waals surface area contributed by atoms with Crippen LogP contribution in [0.5, 0.6) is 0 Å². The van der Waals surface area contributed by atoms with Gasteiger partial charge in [0.1, 0.15) is 0 Å². The first-order valence-electron chi connectivity index (χ1n) is 4.80. The fourth-order valence-corrected chi connectivity index (χ4v) is 2.04. The molecule has 13 heavy (non-hydrogen) atoms. The molecular weight excluding hydrogens is 168 g/mol. The fourth-order valence-electron chi connectivity index (χ4n) is 2.04. The van der Waals surface area contributed by atoms with E-state index >= 15 is 0 Å². The van der Waals surface area contributed by atoms with Crippen molar-refractivity contribution in [3.63, 3.8) is 0 Å². The molecular formula is C10H18O3. The Morgan fingerprint density at radius 3 is 2.46 bits per heavy atom. The first-order chi connectivity index (χ1) is 6.02. The fraction of sp³-hybridized carbons (Fsp3) is 0.900. The van der Waals surface area contributed by atoms with Crippen LogP contribution in [0.3, 0.4) is 0 Å². The number of hydrogen-bond donors (Lipinski definition) is 1. The van der Waals surface area contributed by atoms with E-state index in [2.05, 4.69) is 13.8 Å². The molecule has 0 aromatic rings. The minimum Gasteiger partial charge on any atom is -0.479 e. The van der Waals surface area contributed by atoms with Gasteiger partial charge in [-0.3, -0.25) is 0 Å². The summed E-state index contributed by atoms with van der Waals surface area (Å²) in [5.41, 5.74) is -0.911. The van der Waals surface area contributed by atoms with Crippen molar-refractivity contribution in [2.75, 3.05) is 7.11 Å². The van der Waals surface area contributed by atoms with E-state index in [0.29, 0.717) is 24.7 Å². The van der Waals surface area contributed by atoms with Crippen LogP contribution >= 0.6 is 0 Å². The molecule has 0 amide bonds. The van der Waals surface area contributed by atoms with Crippen LogP contribution in [-0.2, 0) is 9.53 Å². The van der Waals surface area contributed by atoms with Crippen molar-refractivity contribution in [3.8, 4) is 0 Å². The van der Waals surface area contributed by atoms with Gasteiger partial charge >= 0.3 is 5.97 Å². The topological polar surface area (TPSA) is 46.5 Å². The zero-order valence-electron chi connectivity index (χ0n) is 8.54. The highest BCUT2D eigenvalue weighted by Gasteiger charge is 2.44. The van der Waals surface area contributed by atoms with Crippen LogP contribution in [-0.4, -0.2) is 23.8 Å². The second-order valence-electron chi connectivity index (χ2n) is 4.20. The molecule has 1 rings (SSSR count). The van der Waals surface area contributed by atoms with Gasteiger partial charge in [0, 0.05) is 7.11 Å². The van der Waals surface area contributed by atoms with Crippen molar-refractivity contribution in [1.29, 1.82) is 0 Å². The van der Waals surface area contributed by atoms with Crippen LogP contribution in [0.2, 0.25) is 0 Å². The quantitative estimate of drug-likeness (QED) is 0.716. The first-order valence-corrected chi connectivity index (χ1v) is 4.80. The van der Waals surface area contributed by atoms with Gasteiger partial charge in [-0.25, -0.2) is 4.79 Å². The lowest BCUT2D eigenvalue weighted by molar-refractivity contribution is -0.169. The van der Waals surface area contributed by atoms with Gasteiger partial charge in [-0.2, -0.15) is 0 Å². The smallest absolute Gasteiger partial charge is 0.335 e. The Bertz CT molecular complexity index is 202. The average molecular weight is 186 g/mol. The normalized spacial score (nSPS) is 40.2. The van der Waals surface area contributed by atoms with E-state index in [4.69, 9.17) is 9.84 Å². The van der Waals surface area contributed by atoms with Gasteiger partial charge in [0.05, 0.1) is 0 Å². The van der Waals surface area contributed by atoms with Gasteiger partial charge in [-0.05, 0) is 31.1 Å². The molecule has 1 fully saturated rings. The predicted molar refractivity (Wildman–Crippen MR) is 49.6 cm³/mol. The minimum atomic E-state index is -0.911. The number of methoxy groups -OCH3 is 1. The molecule has 3 nitrogen and oxygen atoms in total. The molecule has 0 aromatic heterocycles. The van der Waals surface area contributed by atoms with Gasteiger partial charge < -0.3 is 9.84 Å². The largest absolute Gasteiger partial charge is 0.479 e. The predicted octanol–water partition coefficient (Wildman–Crippen LogP) is 1.91. The maximum absolute atomic E-state index is 11.0. The molecule has 1 N–H and O–H groups in total. The lowest BCUT2D eigenvalue weighted by Gasteiger charge is -2.38. The first kappa shape index (κ1) is 10.5. The van der Waals surface area contributed by atoms with E-state index in [1.165, 1.54) is 7.11 Å². The molecule has 76 valence electrons. The maximum atomic E-state index is 11.0. The number of carbonyl (C=O) groups is 1. The number of hydrogen-bond acceptors (Lipinski definition) is 2. The molecule has 0 radical (unpaired) electrons. The van der Waals surface area contributed by atoms with Gasteiger partial charge in [0.15, 0.2) is 5.60 Å². The number of ether oxygens (including phenoxy) is 1. The maximum Gasteiger partial charge on any atom is 0.335 e. The highest BCUT2D eigenvalue weighted by atomic mass is 16.5. The summed E-state index contributed by atoms with van der Waals surface area (Å²) in [5.74, 6) is 0.237. The number of aliphatic carboxylic acids is 1. The van der Waals surface area contributed by atoms with Crippen molar-refractivity contribution in [2.45, 2.75) is 38.7 Å². The highest BCUT2D eigenvalue weighted by Crippen LogP contribution is 2.38. The Morgan fingerprint density at radius 1 is 1.46 bits per heavy atom. The number of rotatable bonds is 2. The van der Waals surface area contributed by atoms with Gasteiger partial charge in [-0.15, -0.1) is 0 Å². The van der Waals surface area contributed by atoms with E-state index in [1.54, 1.807) is 0 Å². The molecule has 3 atom stereocenters. The molecule has 1 aliphatic carbocycles. The minimum absolute atomic E-state index is 0.435. The molecule has 3 unspecified atom stereocenters. The van der Waals surface area contributed by atoms with Crippen LogP contribution in [0.15, 0.2) is 0 Å². The van der Waals surface area contributed by atoms with Gasteiger partial charge in [0.25, 0.3) is 0 Å². The van der Waals surface area contributed by atoms with Crippen molar-refractivity contribution in [3.05, 3.63) is 0 Å². The zero-order chi connectivity index (χ0) is 10.1. The second-order valence-corrected chi connectivity index (χ2v) is 4.20. The zero-order valence-corrected chi connectivity index (χ0v) is 8.54. The SMILES string of the molecule is COC1(C(=O)O)CCC(C)C(C)C1. The summed E-state index contributed by atoms with van der Waals surface area (Å²) < 4.78 is 5.16. The summed E-state index contributed by atoms with van der Waals surface area (Å²) in [6.45, 7) is 4.27. The third-order valence-electron chi connectivity index (χ3n) is 3.41. The Kier molecular flexibility index (Phi) is 2.96. The van der Waals surface area contributed by atoms with Crippen LogP contribution in [0.25, 0.3) is 0 Å². The molecule has 1 saturated carbocycles. The van der Waals surface area contributed by atoms with E-state index in [0.717, 1.165) is 6.42 Å². The summed E-state index contributed by atoms with van der Waals surface area (Å²) in [7, 11) is 1.50. The molecule has 0 heterocycles. The van der Waals surface area contributed by atoms with E-state index in [1.807, 2.05) is 0 Å². The third-order valence-corrected chi connectivity index (χ3v) is 3.41. The highest BCUT2D eigenvalue weighted by molar-refractivity contribution is 5.77. The van der Waals surface area contributed by atoms with E-state index < -0.39 is 11.6 Å². The molecule has 0 spiro atoms. The Morgan fingerprint density at radius 2 is 2.08 bits per heavy atom. The summed E-state index contributed by atoms with van der Waals surface area (Å²) >= 11 is 0. The van der Waals surface area contributed by atoms with Gasteiger partial charge in [-0.1, -0.05) is 13.8 Å². The van der Waals surface area contributed by atoms with Crippen LogP contribution < -0.4 is 0 Å². The van der Waals surface area contributed by atoms with Crippen molar-refractivity contribution in [2.24, 2.45) is 11.8 Å². The second kappa shape index (κ2) is 3.66. The average Bonchev–Trinajstić information content (AvgIpc) is 2.09. The molecule has 0 aliphatic heterocycles. The lowest BCUT2D eigenvalue weighted by Crippen LogP contribution is -2.46. The molecule has 0 aromatic carbocycles. The van der Waals surface area contributed by atoms with Crippen LogP contribution in [0.1, 0.15) is 33.1 Å². The van der Waals surface area contributed by atoms with Crippen molar-refractivity contribution >= 4 is 5.97 Å². The summed E-state index contributed by atoms with van der Waals surface area (Å²) in [4.78, 5) is 11.0. The van der Waals surface area contributed by atoms with E-state index in [9.17, 15) is 4.79 Å². The molecule has 0 bridgehead atoms. The Labute approximate surface area is 79.1 Å². The van der Waals surface area contributed by atoms with Gasteiger partial charge in [0.2, 0.25) is 0 Å². The monoisotopic (exact) mass is 186 g/mol. The van der Waals surface area contributed by atoms with Crippen molar-refractivity contribution in [1.82, 2.24) is 0 Å². The van der Waals surface area contributed by atoms with Crippen LogP contribution in [0.4, 0.5) is 0 Å². The molecule has 0 saturated heterocycles. The number of carboxylic acids is 1. The van der Waals surface area contributed by atoms with Crippen molar-refractivity contribution < 1.29 is 14.6 Å². The summed E-state index contributed by atoms with van der Waals surface area (Å²) in [5, 5.41) is 9.07. The molecule has 3 heteroatoms.